The first-order valence-electron chi connectivity index (χ1n) is 9.17. The van der Waals surface area contributed by atoms with E-state index in [1.54, 1.807) is 53.4 Å². The van der Waals surface area contributed by atoms with Gasteiger partial charge in [-0.15, -0.1) is 0 Å². The van der Waals surface area contributed by atoms with E-state index in [1.165, 1.54) is 7.11 Å². The summed E-state index contributed by atoms with van der Waals surface area (Å²) in [4.78, 5) is 37.9. The molecular weight excluding hydrogens is 358 g/mol. The number of amides is 3. The van der Waals surface area contributed by atoms with E-state index in [9.17, 15) is 14.4 Å². The molecule has 1 aliphatic heterocycles. The van der Waals surface area contributed by atoms with E-state index >= 15 is 0 Å². The highest BCUT2D eigenvalue weighted by molar-refractivity contribution is 6.05. The van der Waals surface area contributed by atoms with Gasteiger partial charge in [-0.2, -0.15) is 0 Å². The van der Waals surface area contributed by atoms with Gasteiger partial charge in [-0.25, -0.2) is 0 Å². The SMILES string of the molecule is COCC(=O)Nc1cccc(NC(=O)c2ccc(N3CCCCC3=O)cc2)c1. The van der Waals surface area contributed by atoms with Crippen molar-refractivity contribution in [1.82, 2.24) is 0 Å². The Balaban J connectivity index is 1.64. The second-order valence-corrected chi connectivity index (χ2v) is 6.57. The van der Waals surface area contributed by atoms with Crippen molar-refractivity contribution >= 4 is 34.8 Å². The van der Waals surface area contributed by atoms with Gasteiger partial charge in [0, 0.05) is 42.7 Å². The molecule has 2 aromatic rings. The minimum atomic E-state index is -0.270. The lowest BCUT2D eigenvalue weighted by molar-refractivity contribution is -0.120. The molecule has 1 fully saturated rings. The first-order chi connectivity index (χ1) is 13.6. The molecule has 146 valence electrons. The standard InChI is InChI=1S/C21H23N3O4/c1-28-14-19(25)22-16-5-4-6-17(13-16)23-21(27)15-8-10-18(11-9-15)24-12-3-2-7-20(24)26/h4-6,8-11,13H,2-3,7,12,14H2,1H3,(H,22,25)(H,23,27). The van der Waals surface area contributed by atoms with Crippen LogP contribution in [0.5, 0.6) is 0 Å². The Hall–Kier alpha value is -3.19. The van der Waals surface area contributed by atoms with Gasteiger partial charge in [-0.05, 0) is 55.3 Å². The molecule has 28 heavy (non-hydrogen) atoms. The predicted octanol–water partition coefficient (Wildman–Crippen LogP) is 3.04. The Morgan fingerprint density at radius 1 is 1.04 bits per heavy atom. The maximum Gasteiger partial charge on any atom is 0.255 e. The van der Waals surface area contributed by atoms with Crippen molar-refractivity contribution in [3.05, 3.63) is 54.1 Å². The van der Waals surface area contributed by atoms with Crippen molar-refractivity contribution in [2.75, 3.05) is 35.8 Å². The van der Waals surface area contributed by atoms with Gasteiger partial charge in [0.25, 0.3) is 5.91 Å². The lowest BCUT2D eigenvalue weighted by Gasteiger charge is -2.26. The molecule has 0 saturated carbocycles. The van der Waals surface area contributed by atoms with E-state index in [1.807, 2.05) is 0 Å². The molecule has 3 amide bonds. The van der Waals surface area contributed by atoms with Crippen LogP contribution in [0.25, 0.3) is 0 Å². The maximum absolute atomic E-state index is 12.5. The molecule has 2 N–H and O–H groups in total. The van der Waals surface area contributed by atoms with Crippen molar-refractivity contribution in [2.45, 2.75) is 19.3 Å². The van der Waals surface area contributed by atoms with Crippen LogP contribution in [0.1, 0.15) is 29.6 Å². The Morgan fingerprint density at radius 3 is 2.43 bits per heavy atom. The Labute approximate surface area is 163 Å². The molecule has 0 bridgehead atoms. The van der Waals surface area contributed by atoms with Gasteiger partial charge >= 0.3 is 0 Å². The van der Waals surface area contributed by atoms with Crippen LogP contribution in [0, 0.1) is 0 Å². The molecule has 0 aromatic heterocycles. The fourth-order valence-corrected chi connectivity index (χ4v) is 3.08. The number of anilines is 3. The van der Waals surface area contributed by atoms with E-state index in [0.29, 0.717) is 29.9 Å². The zero-order valence-electron chi connectivity index (χ0n) is 15.7. The molecule has 7 nitrogen and oxygen atoms in total. The van der Waals surface area contributed by atoms with Crippen LogP contribution in [-0.2, 0) is 14.3 Å². The highest BCUT2D eigenvalue weighted by Crippen LogP contribution is 2.22. The van der Waals surface area contributed by atoms with Crippen LogP contribution in [0.15, 0.2) is 48.5 Å². The Bertz CT molecular complexity index is 864. The third-order valence-electron chi connectivity index (χ3n) is 4.44. The number of benzene rings is 2. The van der Waals surface area contributed by atoms with E-state index in [4.69, 9.17) is 4.74 Å². The predicted molar refractivity (Wildman–Crippen MR) is 108 cm³/mol. The fourth-order valence-electron chi connectivity index (χ4n) is 3.08. The quantitative estimate of drug-likeness (QED) is 0.805. The Morgan fingerprint density at radius 2 is 1.75 bits per heavy atom. The summed E-state index contributed by atoms with van der Waals surface area (Å²) in [5.74, 6) is -0.415. The molecule has 1 aliphatic rings. The number of methoxy groups -OCH3 is 1. The van der Waals surface area contributed by atoms with Gasteiger partial charge in [0.15, 0.2) is 0 Å². The van der Waals surface area contributed by atoms with Crippen LogP contribution in [0.2, 0.25) is 0 Å². The zero-order chi connectivity index (χ0) is 19.9. The summed E-state index contributed by atoms with van der Waals surface area (Å²) in [7, 11) is 1.45. The van der Waals surface area contributed by atoms with Gasteiger partial charge in [-0.3, -0.25) is 14.4 Å². The normalized spacial score (nSPS) is 13.9. The number of nitrogens with one attached hydrogen (secondary N) is 2. The molecule has 3 rings (SSSR count). The third kappa shape index (κ3) is 4.95. The van der Waals surface area contributed by atoms with Gasteiger partial charge in [-0.1, -0.05) is 6.07 Å². The molecular formula is C21H23N3O4. The largest absolute Gasteiger partial charge is 0.375 e. The van der Waals surface area contributed by atoms with E-state index in [0.717, 1.165) is 18.5 Å². The molecule has 0 radical (unpaired) electrons. The minimum Gasteiger partial charge on any atom is -0.375 e. The number of hydrogen-bond acceptors (Lipinski definition) is 4. The molecule has 7 heteroatoms. The number of rotatable bonds is 6. The average molecular weight is 381 g/mol. The highest BCUT2D eigenvalue weighted by atomic mass is 16.5. The average Bonchev–Trinajstić information content (AvgIpc) is 2.69. The number of carbonyl (C=O) groups excluding carboxylic acids is 3. The fraction of sp³-hybridized carbons (Fsp3) is 0.286. The van der Waals surface area contributed by atoms with E-state index < -0.39 is 0 Å². The van der Waals surface area contributed by atoms with Crippen molar-refractivity contribution in [3.8, 4) is 0 Å². The molecule has 2 aromatic carbocycles. The van der Waals surface area contributed by atoms with Crippen LogP contribution in [0.3, 0.4) is 0 Å². The van der Waals surface area contributed by atoms with Crippen molar-refractivity contribution in [2.24, 2.45) is 0 Å². The van der Waals surface area contributed by atoms with Crippen molar-refractivity contribution in [1.29, 1.82) is 0 Å². The Kier molecular flexibility index (Phi) is 6.39. The monoisotopic (exact) mass is 381 g/mol. The van der Waals surface area contributed by atoms with Crippen LogP contribution in [0.4, 0.5) is 17.1 Å². The van der Waals surface area contributed by atoms with Gasteiger partial charge in [0.2, 0.25) is 11.8 Å². The first kappa shape index (κ1) is 19.6. The van der Waals surface area contributed by atoms with Crippen LogP contribution in [-0.4, -0.2) is 38.0 Å². The molecule has 0 aliphatic carbocycles. The number of ether oxygens (including phenoxy) is 1. The number of hydrogen-bond donors (Lipinski definition) is 2. The molecule has 1 heterocycles. The summed E-state index contributed by atoms with van der Waals surface area (Å²) in [6, 6.07) is 13.9. The summed E-state index contributed by atoms with van der Waals surface area (Å²) in [6.07, 6.45) is 2.49. The topological polar surface area (TPSA) is 87.7 Å². The summed E-state index contributed by atoms with van der Waals surface area (Å²) in [6.45, 7) is 0.675. The highest BCUT2D eigenvalue weighted by Gasteiger charge is 2.19. The van der Waals surface area contributed by atoms with Crippen molar-refractivity contribution in [3.63, 3.8) is 0 Å². The number of carbonyl (C=O) groups is 3. The number of piperidine rings is 1. The lowest BCUT2D eigenvalue weighted by Crippen LogP contribution is -2.35. The van der Waals surface area contributed by atoms with Crippen LogP contribution < -0.4 is 15.5 Å². The number of nitrogens with zero attached hydrogens (tertiary/aromatic N) is 1. The van der Waals surface area contributed by atoms with Crippen molar-refractivity contribution < 1.29 is 19.1 Å². The molecule has 0 spiro atoms. The summed E-state index contributed by atoms with van der Waals surface area (Å²) in [5, 5.41) is 5.50. The van der Waals surface area contributed by atoms with Gasteiger partial charge < -0.3 is 20.3 Å². The smallest absolute Gasteiger partial charge is 0.255 e. The maximum atomic E-state index is 12.5. The second kappa shape index (κ2) is 9.14. The lowest BCUT2D eigenvalue weighted by atomic mass is 10.1. The first-order valence-corrected chi connectivity index (χ1v) is 9.17. The summed E-state index contributed by atoms with van der Waals surface area (Å²) < 4.78 is 4.78. The summed E-state index contributed by atoms with van der Waals surface area (Å²) in [5.41, 5.74) is 2.43. The second-order valence-electron chi connectivity index (χ2n) is 6.57. The summed E-state index contributed by atoms with van der Waals surface area (Å²) >= 11 is 0. The zero-order valence-corrected chi connectivity index (χ0v) is 15.7. The molecule has 0 unspecified atom stereocenters. The van der Waals surface area contributed by atoms with E-state index in [2.05, 4.69) is 10.6 Å². The van der Waals surface area contributed by atoms with Gasteiger partial charge in [0.05, 0.1) is 0 Å². The van der Waals surface area contributed by atoms with E-state index in [-0.39, 0.29) is 24.3 Å². The van der Waals surface area contributed by atoms with Crippen LogP contribution >= 0.6 is 0 Å². The molecule has 0 atom stereocenters. The molecule has 1 saturated heterocycles. The third-order valence-corrected chi connectivity index (χ3v) is 4.44. The van der Waals surface area contributed by atoms with Gasteiger partial charge in [0.1, 0.15) is 6.61 Å². The minimum absolute atomic E-state index is 0.0392.